The van der Waals surface area contributed by atoms with Crippen LogP contribution in [0.1, 0.15) is 24.9 Å². The number of ether oxygens (including phenoxy) is 1. The van der Waals surface area contributed by atoms with Crippen molar-refractivity contribution in [2.45, 2.75) is 32.0 Å². The number of hydrogen-bond acceptors (Lipinski definition) is 8. The van der Waals surface area contributed by atoms with Crippen LogP contribution < -0.4 is 10.2 Å². The Balaban J connectivity index is 1.54. The number of nitrogens with one attached hydrogen (secondary N) is 1. The second-order valence-electron chi connectivity index (χ2n) is 7.06. The molecule has 0 spiro atoms. The molecule has 0 saturated carbocycles. The molecule has 1 saturated heterocycles. The molecule has 2 N–H and O–H groups in total. The zero-order valence-electron chi connectivity index (χ0n) is 16.6. The Hall–Kier alpha value is -2.63. The summed E-state index contributed by atoms with van der Waals surface area (Å²) < 4.78 is 20.4. The van der Waals surface area contributed by atoms with Crippen LogP contribution in [0.4, 0.5) is 21.0 Å². The van der Waals surface area contributed by atoms with E-state index >= 15 is 0 Å². The van der Waals surface area contributed by atoms with Gasteiger partial charge in [-0.05, 0) is 26.0 Å². The molecule has 0 aliphatic carbocycles. The van der Waals surface area contributed by atoms with Crippen molar-refractivity contribution >= 4 is 45.1 Å². The van der Waals surface area contributed by atoms with Crippen LogP contribution in [0.5, 0.6) is 0 Å². The van der Waals surface area contributed by atoms with Crippen LogP contribution in [0.25, 0.3) is 11.3 Å². The summed E-state index contributed by atoms with van der Waals surface area (Å²) in [4.78, 5) is 25.9. The molecule has 0 unspecified atom stereocenters. The van der Waals surface area contributed by atoms with Crippen molar-refractivity contribution in [3.63, 3.8) is 0 Å². The normalized spacial score (nSPS) is 18.0. The molecule has 3 aromatic rings. The van der Waals surface area contributed by atoms with E-state index in [1.54, 1.807) is 0 Å². The first kappa shape index (κ1) is 21.6. The maximum atomic E-state index is 14.4. The summed E-state index contributed by atoms with van der Waals surface area (Å²) in [5.74, 6) is -0.893. The van der Waals surface area contributed by atoms with Crippen molar-refractivity contribution in [3.8, 4) is 11.3 Å². The molecule has 8 nitrogen and oxygen atoms in total. The van der Waals surface area contributed by atoms with Gasteiger partial charge < -0.3 is 15.2 Å². The Morgan fingerprint density at radius 2 is 2.06 bits per heavy atom. The van der Waals surface area contributed by atoms with E-state index in [-0.39, 0.29) is 24.4 Å². The van der Waals surface area contributed by atoms with Crippen molar-refractivity contribution in [3.05, 3.63) is 51.1 Å². The number of anilines is 2. The number of aliphatic hydroxyl groups excluding tert-OH is 1. The Kier molecular flexibility index (Phi) is 6.17. The van der Waals surface area contributed by atoms with Crippen molar-refractivity contribution in [1.82, 2.24) is 15.0 Å². The minimum atomic E-state index is -0.913. The molecule has 2 aromatic heterocycles. The van der Waals surface area contributed by atoms with Gasteiger partial charge in [0.25, 0.3) is 0 Å². The van der Waals surface area contributed by atoms with Gasteiger partial charge in [0, 0.05) is 15.4 Å². The minimum Gasteiger partial charge on any atom is -0.447 e. The lowest BCUT2D eigenvalue weighted by atomic mass is 10.2. The molecule has 1 aliphatic heterocycles. The second-order valence-corrected chi connectivity index (χ2v) is 8.87. The number of benzene rings is 1. The first-order valence-electron chi connectivity index (χ1n) is 9.48. The third kappa shape index (κ3) is 4.53. The largest absolute Gasteiger partial charge is 0.447 e. The zero-order chi connectivity index (χ0) is 22.1. The van der Waals surface area contributed by atoms with Gasteiger partial charge in [-0.25, -0.2) is 24.1 Å². The number of thiazole rings is 1. The quantitative estimate of drug-likeness (QED) is 0.510. The molecular weight excluding hydrogens is 489 g/mol. The highest BCUT2D eigenvalue weighted by molar-refractivity contribution is 9.10. The van der Waals surface area contributed by atoms with Crippen LogP contribution >= 0.6 is 27.3 Å². The van der Waals surface area contributed by atoms with E-state index in [0.29, 0.717) is 0 Å². The predicted molar refractivity (Wildman–Crippen MR) is 119 cm³/mol. The topological polar surface area (TPSA) is 100 Å². The molecule has 4 rings (SSSR count). The van der Waals surface area contributed by atoms with Crippen LogP contribution in [-0.4, -0.2) is 44.9 Å². The molecule has 3 atom stereocenters. The van der Waals surface area contributed by atoms with Crippen molar-refractivity contribution < 1.29 is 19.0 Å². The Morgan fingerprint density at radius 3 is 2.77 bits per heavy atom. The van der Waals surface area contributed by atoms with Gasteiger partial charge in [0.15, 0.2) is 11.6 Å². The number of cyclic esters (lactones) is 1. The van der Waals surface area contributed by atoms with Gasteiger partial charge in [0.2, 0.25) is 5.95 Å². The average Bonchev–Trinajstić information content (AvgIpc) is 3.37. The van der Waals surface area contributed by atoms with E-state index in [1.165, 1.54) is 18.3 Å². The highest BCUT2D eigenvalue weighted by Crippen LogP contribution is 2.30. The van der Waals surface area contributed by atoms with Gasteiger partial charge in [0.05, 0.1) is 24.0 Å². The highest BCUT2D eigenvalue weighted by Gasteiger charge is 2.39. The maximum Gasteiger partial charge on any atom is 0.416 e. The average molecular weight is 508 g/mol. The van der Waals surface area contributed by atoms with Gasteiger partial charge in [-0.15, -0.1) is 11.3 Å². The minimum absolute atomic E-state index is 0.0446. The van der Waals surface area contributed by atoms with Crippen molar-refractivity contribution in [1.29, 1.82) is 0 Å². The molecule has 1 fully saturated rings. The number of rotatable bonds is 6. The van der Waals surface area contributed by atoms with Crippen LogP contribution in [-0.2, 0) is 4.74 Å². The number of carbonyl (C=O) groups is 1. The molecule has 31 heavy (non-hydrogen) atoms. The number of halogens is 2. The van der Waals surface area contributed by atoms with E-state index in [4.69, 9.17) is 4.74 Å². The molecular formula is C20H19BrFN5O3S. The van der Waals surface area contributed by atoms with Crippen molar-refractivity contribution in [2.75, 3.05) is 16.8 Å². The molecule has 1 aliphatic rings. The zero-order valence-corrected chi connectivity index (χ0v) is 19.0. The monoisotopic (exact) mass is 507 g/mol. The van der Waals surface area contributed by atoms with Gasteiger partial charge >= 0.3 is 6.09 Å². The molecule has 162 valence electrons. The number of hydrogen-bond donors (Lipinski definition) is 2. The fourth-order valence-corrected chi connectivity index (χ4v) is 4.23. The Morgan fingerprint density at radius 1 is 1.32 bits per heavy atom. The molecule has 3 heterocycles. The molecule has 1 aromatic carbocycles. The fraction of sp³-hybridized carbons (Fsp3) is 0.300. The van der Waals surface area contributed by atoms with Gasteiger partial charge in [-0.2, -0.15) is 4.98 Å². The number of amides is 1. The molecule has 0 radical (unpaired) electrons. The lowest BCUT2D eigenvalue weighted by Crippen LogP contribution is -2.42. The van der Waals surface area contributed by atoms with Gasteiger partial charge in [0.1, 0.15) is 17.7 Å². The van der Waals surface area contributed by atoms with Crippen LogP contribution in [0.2, 0.25) is 0 Å². The van der Waals surface area contributed by atoms with E-state index < -0.39 is 24.1 Å². The summed E-state index contributed by atoms with van der Waals surface area (Å²) in [5, 5.41) is 15.8. The number of aliphatic hydroxyl groups is 1. The van der Waals surface area contributed by atoms with Crippen LogP contribution in [0, 0.1) is 5.82 Å². The maximum absolute atomic E-state index is 14.4. The SMILES string of the molecule is C[C@@H](Nc1ncc(F)c(N2C(=O)OC[C@@H]2[C@@H](C)O)n1)c1nc(-c2ccc(Br)cc2)cs1. The second kappa shape index (κ2) is 8.85. The first-order chi connectivity index (χ1) is 14.8. The van der Waals surface area contributed by atoms with Gasteiger partial charge in [-0.1, -0.05) is 28.1 Å². The number of aromatic nitrogens is 3. The summed E-state index contributed by atoms with van der Waals surface area (Å²) in [6, 6.07) is 6.87. The highest BCUT2D eigenvalue weighted by atomic mass is 79.9. The standard InChI is InChI=1S/C20H19BrFN5O3S/c1-10(18-25-15(9-31-18)12-3-5-13(21)6-4-12)24-19-23-7-14(22)17(26-19)27-16(11(2)28)8-30-20(27)29/h3-7,9-11,16,28H,8H2,1-2H3,(H,23,24,26)/t10-,11-,16-/m1/s1. The summed E-state index contributed by atoms with van der Waals surface area (Å²) in [5.41, 5.74) is 1.84. The first-order valence-corrected chi connectivity index (χ1v) is 11.1. The van der Waals surface area contributed by atoms with E-state index in [9.17, 15) is 14.3 Å². The third-order valence-corrected chi connectivity index (χ3v) is 6.35. The van der Waals surface area contributed by atoms with E-state index in [0.717, 1.165) is 31.8 Å². The summed E-state index contributed by atoms with van der Waals surface area (Å²) in [6.07, 6.45) is -0.693. The summed E-state index contributed by atoms with van der Waals surface area (Å²) in [6.45, 7) is 3.35. The predicted octanol–water partition coefficient (Wildman–Crippen LogP) is 4.38. The molecule has 1 amide bonds. The smallest absolute Gasteiger partial charge is 0.416 e. The fourth-order valence-electron chi connectivity index (χ4n) is 3.13. The molecule has 0 bridgehead atoms. The Labute approximate surface area is 190 Å². The number of carbonyl (C=O) groups excluding carboxylic acids is 1. The lowest BCUT2D eigenvalue weighted by Gasteiger charge is -2.23. The van der Waals surface area contributed by atoms with Crippen molar-refractivity contribution in [2.24, 2.45) is 0 Å². The molecule has 11 heteroatoms. The summed E-state index contributed by atoms with van der Waals surface area (Å²) >= 11 is 4.90. The summed E-state index contributed by atoms with van der Waals surface area (Å²) in [7, 11) is 0. The third-order valence-electron chi connectivity index (χ3n) is 4.79. The van der Waals surface area contributed by atoms with Gasteiger partial charge in [-0.3, -0.25) is 0 Å². The van der Waals surface area contributed by atoms with E-state index in [1.807, 2.05) is 36.6 Å². The van der Waals surface area contributed by atoms with Crippen LogP contribution in [0.15, 0.2) is 40.3 Å². The Bertz CT molecular complexity index is 1090. The van der Waals surface area contributed by atoms with Crippen LogP contribution in [0.3, 0.4) is 0 Å². The number of nitrogens with zero attached hydrogens (tertiary/aromatic N) is 4. The lowest BCUT2D eigenvalue weighted by molar-refractivity contribution is 0.142. The van der Waals surface area contributed by atoms with E-state index in [2.05, 4.69) is 36.2 Å².